The van der Waals surface area contributed by atoms with Crippen LogP contribution in [0.25, 0.3) is 0 Å². The predicted molar refractivity (Wildman–Crippen MR) is 49.2 cm³/mol. The van der Waals surface area contributed by atoms with Crippen LogP contribution < -0.4 is 5.32 Å². The van der Waals surface area contributed by atoms with E-state index >= 15 is 0 Å². The van der Waals surface area contributed by atoms with E-state index in [4.69, 9.17) is 4.74 Å². The summed E-state index contributed by atoms with van der Waals surface area (Å²) in [7, 11) is 2.10. The molecule has 0 radical (unpaired) electrons. The van der Waals surface area contributed by atoms with E-state index in [1.807, 2.05) is 0 Å². The standard InChI is InChI=1S/C10H19NO/c1-11-10(8-9-2-3-9)4-6-12-7-5-10/h9,11H,2-8H2,1H3. The van der Waals surface area contributed by atoms with Gasteiger partial charge in [0, 0.05) is 18.8 Å². The van der Waals surface area contributed by atoms with Crippen LogP contribution in [0.1, 0.15) is 32.1 Å². The molecule has 0 aromatic rings. The molecular formula is C10H19NO. The van der Waals surface area contributed by atoms with Crippen molar-refractivity contribution in [1.29, 1.82) is 0 Å². The number of rotatable bonds is 3. The first-order chi connectivity index (χ1) is 5.85. The van der Waals surface area contributed by atoms with Crippen molar-refractivity contribution in [3.05, 3.63) is 0 Å². The Morgan fingerprint density at radius 2 is 2.00 bits per heavy atom. The molecule has 2 nitrogen and oxygen atoms in total. The van der Waals surface area contributed by atoms with Crippen LogP contribution in [0.5, 0.6) is 0 Å². The first kappa shape index (κ1) is 8.52. The number of ether oxygens (including phenoxy) is 1. The van der Waals surface area contributed by atoms with Gasteiger partial charge in [0.15, 0.2) is 0 Å². The van der Waals surface area contributed by atoms with Crippen molar-refractivity contribution in [3.63, 3.8) is 0 Å². The summed E-state index contributed by atoms with van der Waals surface area (Å²) in [4.78, 5) is 0. The smallest absolute Gasteiger partial charge is 0.0483 e. The molecule has 1 N–H and O–H groups in total. The summed E-state index contributed by atoms with van der Waals surface area (Å²) in [6, 6.07) is 0. The molecule has 1 saturated heterocycles. The van der Waals surface area contributed by atoms with Crippen LogP contribution in [0.3, 0.4) is 0 Å². The highest BCUT2D eigenvalue weighted by molar-refractivity contribution is 4.93. The van der Waals surface area contributed by atoms with Gasteiger partial charge in [0.1, 0.15) is 0 Å². The Hall–Kier alpha value is -0.0800. The molecule has 1 aliphatic carbocycles. The molecule has 1 aliphatic heterocycles. The fraction of sp³-hybridized carbons (Fsp3) is 1.00. The molecule has 0 amide bonds. The maximum atomic E-state index is 5.39. The Bertz CT molecular complexity index is 148. The summed E-state index contributed by atoms with van der Waals surface area (Å²) in [5.41, 5.74) is 0.430. The summed E-state index contributed by atoms with van der Waals surface area (Å²) < 4.78 is 5.39. The lowest BCUT2D eigenvalue weighted by Crippen LogP contribution is -2.47. The normalized spacial score (nSPS) is 28.8. The third-order valence-corrected chi connectivity index (χ3v) is 3.36. The van der Waals surface area contributed by atoms with Crippen LogP contribution in [0.2, 0.25) is 0 Å². The zero-order valence-electron chi connectivity index (χ0n) is 7.94. The molecule has 0 atom stereocenters. The quantitative estimate of drug-likeness (QED) is 0.692. The molecule has 0 unspecified atom stereocenters. The lowest BCUT2D eigenvalue weighted by atomic mass is 9.85. The van der Waals surface area contributed by atoms with Crippen LogP contribution >= 0.6 is 0 Å². The lowest BCUT2D eigenvalue weighted by molar-refractivity contribution is 0.0355. The van der Waals surface area contributed by atoms with E-state index in [1.54, 1.807) is 0 Å². The van der Waals surface area contributed by atoms with Gasteiger partial charge in [-0.2, -0.15) is 0 Å². The minimum absolute atomic E-state index is 0.430. The van der Waals surface area contributed by atoms with E-state index < -0.39 is 0 Å². The molecule has 0 aromatic heterocycles. The summed E-state index contributed by atoms with van der Waals surface area (Å²) in [5.74, 6) is 1.02. The van der Waals surface area contributed by atoms with Gasteiger partial charge in [-0.15, -0.1) is 0 Å². The first-order valence-electron chi connectivity index (χ1n) is 5.11. The topological polar surface area (TPSA) is 21.3 Å². The van der Waals surface area contributed by atoms with E-state index in [0.717, 1.165) is 19.1 Å². The Balaban J connectivity index is 1.90. The molecule has 1 heterocycles. The second-order valence-corrected chi connectivity index (χ2v) is 4.29. The number of hydrogen-bond donors (Lipinski definition) is 1. The van der Waals surface area contributed by atoms with Gasteiger partial charge in [0.2, 0.25) is 0 Å². The third-order valence-electron chi connectivity index (χ3n) is 3.36. The predicted octanol–water partition coefficient (Wildman–Crippen LogP) is 1.56. The third kappa shape index (κ3) is 1.80. The molecule has 0 aromatic carbocycles. The average Bonchev–Trinajstić information content (AvgIpc) is 2.90. The van der Waals surface area contributed by atoms with Gasteiger partial charge >= 0.3 is 0 Å². The summed E-state index contributed by atoms with van der Waals surface area (Å²) >= 11 is 0. The van der Waals surface area contributed by atoms with Gasteiger partial charge in [0.25, 0.3) is 0 Å². The van der Waals surface area contributed by atoms with Crippen LogP contribution in [-0.4, -0.2) is 25.8 Å². The van der Waals surface area contributed by atoms with Crippen molar-refractivity contribution in [1.82, 2.24) is 5.32 Å². The minimum atomic E-state index is 0.430. The largest absolute Gasteiger partial charge is 0.381 e. The molecule has 0 bridgehead atoms. The summed E-state index contributed by atoms with van der Waals surface area (Å²) in [6.07, 6.45) is 6.72. The maximum absolute atomic E-state index is 5.39. The highest BCUT2D eigenvalue weighted by Gasteiger charge is 2.36. The maximum Gasteiger partial charge on any atom is 0.0483 e. The average molecular weight is 169 g/mol. The van der Waals surface area contributed by atoms with E-state index in [9.17, 15) is 0 Å². The molecule has 1 saturated carbocycles. The Labute approximate surface area is 74.7 Å². The van der Waals surface area contributed by atoms with E-state index in [2.05, 4.69) is 12.4 Å². The van der Waals surface area contributed by atoms with Crippen LogP contribution in [0.4, 0.5) is 0 Å². The van der Waals surface area contributed by atoms with E-state index in [1.165, 1.54) is 32.1 Å². The van der Waals surface area contributed by atoms with Gasteiger partial charge in [-0.1, -0.05) is 12.8 Å². The molecule has 12 heavy (non-hydrogen) atoms. The molecule has 2 fully saturated rings. The molecular weight excluding hydrogens is 150 g/mol. The SMILES string of the molecule is CNC1(CC2CC2)CCOCC1. The molecule has 2 heteroatoms. The Kier molecular flexibility index (Phi) is 2.37. The second-order valence-electron chi connectivity index (χ2n) is 4.29. The monoisotopic (exact) mass is 169 g/mol. The van der Waals surface area contributed by atoms with Gasteiger partial charge < -0.3 is 10.1 Å². The fourth-order valence-corrected chi connectivity index (χ4v) is 2.19. The van der Waals surface area contributed by atoms with Gasteiger partial charge in [-0.3, -0.25) is 0 Å². The molecule has 2 rings (SSSR count). The highest BCUT2D eigenvalue weighted by atomic mass is 16.5. The molecule has 2 aliphatic rings. The zero-order valence-corrected chi connectivity index (χ0v) is 7.94. The number of hydrogen-bond acceptors (Lipinski definition) is 2. The van der Waals surface area contributed by atoms with Gasteiger partial charge in [-0.05, 0) is 32.2 Å². The fourth-order valence-electron chi connectivity index (χ4n) is 2.19. The van der Waals surface area contributed by atoms with Gasteiger partial charge in [0.05, 0.1) is 0 Å². The number of nitrogens with one attached hydrogen (secondary N) is 1. The lowest BCUT2D eigenvalue weighted by Gasteiger charge is -2.37. The van der Waals surface area contributed by atoms with Gasteiger partial charge in [-0.25, -0.2) is 0 Å². The van der Waals surface area contributed by atoms with Crippen molar-refractivity contribution < 1.29 is 4.74 Å². The zero-order chi connectivity index (χ0) is 8.44. The Morgan fingerprint density at radius 3 is 2.50 bits per heavy atom. The second kappa shape index (κ2) is 3.35. The minimum Gasteiger partial charge on any atom is -0.381 e. The molecule has 70 valence electrons. The van der Waals surface area contributed by atoms with Crippen molar-refractivity contribution in [3.8, 4) is 0 Å². The van der Waals surface area contributed by atoms with Crippen LogP contribution in [-0.2, 0) is 4.74 Å². The van der Waals surface area contributed by atoms with Crippen molar-refractivity contribution in [2.45, 2.75) is 37.6 Å². The van der Waals surface area contributed by atoms with Crippen LogP contribution in [0, 0.1) is 5.92 Å². The van der Waals surface area contributed by atoms with E-state index in [0.29, 0.717) is 5.54 Å². The summed E-state index contributed by atoms with van der Waals surface area (Å²) in [5, 5.41) is 3.51. The molecule has 0 spiro atoms. The Morgan fingerprint density at radius 1 is 1.33 bits per heavy atom. The highest BCUT2D eigenvalue weighted by Crippen LogP contribution is 2.39. The van der Waals surface area contributed by atoms with Crippen molar-refractivity contribution >= 4 is 0 Å². The summed E-state index contributed by atoms with van der Waals surface area (Å²) in [6.45, 7) is 1.90. The van der Waals surface area contributed by atoms with Crippen molar-refractivity contribution in [2.24, 2.45) is 5.92 Å². The first-order valence-corrected chi connectivity index (χ1v) is 5.11. The van der Waals surface area contributed by atoms with Crippen molar-refractivity contribution in [2.75, 3.05) is 20.3 Å². The van der Waals surface area contributed by atoms with Crippen LogP contribution in [0.15, 0.2) is 0 Å². The van der Waals surface area contributed by atoms with E-state index in [-0.39, 0.29) is 0 Å².